The molecule has 2 aromatic heterocycles. The van der Waals surface area contributed by atoms with Crippen molar-refractivity contribution in [1.82, 2.24) is 15.3 Å². The predicted molar refractivity (Wildman–Crippen MR) is 164 cm³/mol. The third-order valence-electron chi connectivity index (χ3n) is 6.57. The van der Waals surface area contributed by atoms with Crippen molar-refractivity contribution in [3.8, 4) is 22.4 Å². The molecule has 0 unspecified atom stereocenters. The molecule has 9 heteroatoms. The fourth-order valence-electron chi connectivity index (χ4n) is 4.55. The summed E-state index contributed by atoms with van der Waals surface area (Å²) in [6.45, 7) is 7.85. The second-order valence-corrected chi connectivity index (χ2v) is 10.7. The molecule has 1 aliphatic heterocycles. The molecule has 0 saturated carbocycles. The highest BCUT2D eigenvalue weighted by Gasteiger charge is 2.30. The molecule has 2 aromatic carbocycles. The van der Waals surface area contributed by atoms with Gasteiger partial charge in [0.25, 0.3) is 0 Å². The van der Waals surface area contributed by atoms with Crippen LogP contribution in [0, 0.1) is 18.3 Å². The van der Waals surface area contributed by atoms with Crippen LogP contribution < -0.4 is 15.4 Å². The van der Waals surface area contributed by atoms with Crippen molar-refractivity contribution in [2.75, 3.05) is 18.4 Å². The molecule has 5 rings (SSSR count). The minimum absolute atomic E-state index is 0. The topological polar surface area (TPSA) is 82.9 Å². The molecule has 0 aliphatic carbocycles. The number of benzene rings is 2. The second-order valence-electron chi connectivity index (χ2n) is 9.64. The van der Waals surface area contributed by atoms with Gasteiger partial charge in [-0.3, -0.25) is 0 Å². The molecule has 0 spiro atoms. The zero-order chi connectivity index (χ0) is 25.8. The van der Waals surface area contributed by atoms with E-state index in [1.54, 1.807) is 11.3 Å². The number of hydrogen-bond acceptors (Lipinski definition) is 7. The van der Waals surface area contributed by atoms with E-state index < -0.39 is 0 Å². The number of pyridine rings is 1. The first-order valence-electron chi connectivity index (χ1n) is 12.7. The largest absolute Gasteiger partial charge is 0.469 e. The molecule has 0 saturated heterocycles. The first kappa shape index (κ1) is 30.4. The Labute approximate surface area is 246 Å². The highest BCUT2D eigenvalue weighted by Crippen LogP contribution is 2.38. The maximum Gasteiger partial charge on any atom is 0.237 e. The number of anilines is 1. The Bertz CT molecular complexity index is 1400. The molecule has 1 aliphatic rings. The van der Waals surface area contributed by atoms with Crippen molar-refractivity contribution in [2.24, 2.45) is 0 Å². The Morgan fingerprint density at radius 3 is 2.54 bits per heavy atom. The maximum absolute atomic E-state index is 9.03. The molecular weight excluding hydrogens is 549 g/mol. The average molecular weight is 583 g/mol. The molecular formula is C30H33Cl2N5OS. The van der Waals surface area contributed by atoms with Gasteiger partial charge in [-0.05, 0) is 49.2 Å². The molecule has 0 fully saturated rings. The lowest BCUT2D eigenvalue weighted by atomic mass is 9.99. The van der Waals surface area contributed by atoms with E-state index in [4.69, 9.17) is 20.0 Å². The number of halogens is 2. The van der Waals surface area contributed by atoms with E-state index in [9.17, 15) is 0 Å². The Hall–Kier alpha value is -3.15. The quantitative estimate of drug-likeness (QED) is 0.231. The van der Waals surface area contributed by atoms with E-state index in [1.807, 2.05) is 36.5 Å². The molecule has 0 radical (unpaired) electrons. The molecule has 2 N–H and O–H groups in total. The molecule has 0 amide bonds. The van der Waals surface area contributed by atoms with Crippen molar-refractivity contribution in [2.45, 2.75) is 45.3 Å². The van der Waals surface area contributed by atoms with Crippen molar-refractivity contribution >= 4 is 41.8 Å². The zero-order valence-corrected chi connectivity index (χ0v) is 24.6. The van der Waals surface area contributed by atoms with Gasteiger partial charge >= 0.3 is 0 Å². The van der Waals surface area contributed by atoms with Crippen LogP contribution in [0.25, 0.3) is 10.4 Å². The summed E-state index contributed by atoms with van der Waals surface area (Å²) in [6.07, 6.45) is 2.63. The molecule has 3 heterocycles. The first-order chi connectivity index (χ1) is 18.0. The van der Waals surface area contributed by atoms with Gasteiger partial charge in [0.2, 0.25) is 5.88 Å². The summed E-state index contributed by atoms with van der Waals surface area (Å²) in [5.74, 6) is 1.03. The third-order valence-corrected chi connectivity index (χ3v) is 8.08. The van der Waals surface area contributed by atoms with Gasteiger partial charge in [-0.25, -0.2) is 9.97 Å². The van der Waals surface area contributed by atoms with Crippen LogP contribution in [-0.2, 0) is 6.42 Å². The number of aromatic nitrogens is 2. The van der Waals surface area contributed by atoms with E-state index in [2.05, 4.69) is 67.8 Å². The van der Waals surface area contributed by atoms with E-state index in [0.29, 0.717) is 23.9 Å². The van der Waals surface area contributed by atoms with Crippen LogP contribution >= 0.6 is 36.2 Å². The molecule has 204 valence electrons. The number of ether oxygens (including phenoxy) is 1. The predicted octanol–water partition coefficient (Wildman–Crippen LogP) is 7.10. The number of rotatable bonds is 8. The van der Waals surface area contributed by atoms with Crippen LogP contribution in [-0.4, -0.2) is 29.2 Å². The van der Waals surface area contributed by atoms with E-state index >= 15 is 0 Å². The summed E-state index contributed by atoms with van der Waals surface area (Å²) < 4.78 is 6.46. The van der Waals surface area contributed by atoms with Crippen LogP contribution in [0.3, 0.4) is 0 Å². The second kappa shape index (κ2) is 13.8. The average Bonchev–Trinajstić information content (AvgIpc) is 3.33. The van der Waals surface area contributed by atoms with Crippen LogP contribution in [0.1, 0.15) is 53.2 Å². The van der Waals surface area contributed by atoms with Crippen LogP contribution in [0.4, 0.5) is 5.69 Å². The number of fused-ring (bicyclic) bond motifs is 1. The summed E-state index contributed by atoms with van der Waals surface area (Å²) in [7, 11) is 0. The fourth-order valence-corrected chi connectivity index (χ4v) is 5.60. The van der Waals surface area contributed by atoms with Gasteiger partial charge in [0, 0.05) is 17.7 Å². The molecule has 4 aromatic rings. The van der Waals surface area contributed by atoms with Crippen molar-refractivity contribution in [3.05, 3.63) is 94.3 Å². The van der Waals surface area contributed by atoms with E-state index in [1.165, 1.54) is 11.1 Å². The van der Waals surface area contributed by atoms with Gasteiger partial charge in [0.15, 0.2) is 0 Å². The van der Waals surface area contributed by atoms with Gasteiger partial charge in [0.1, 0.15) is 6.10 Å². The Kier molecular flexibility index (Phi) is 10.7. The first-order valence-corrected chi connectivity index (χ1v) is 13.5. The van der Waals surface area contributed by atoms with Gasteiger partial charge in [-0.15, -0.1) is 36.2 Å². The number of thiazole rings is 1. The number of hydrogen-bond donors (Lipinski definition) is 2. The van der Waals surface area contributed by atoms with Crippen LogP contribution in [0.2, 0.25) is 0 Å². The van der Waals surface area contributed by atoms with Gasteiger partial charge in [-0.2, -0.15) is 5.26 Å². The maximum atomic E-state index is 9.03. The molecule has 39 heavy (non-hydrogen) atoms. The van der Waals surface area contributed by atoms with Crippen LogP contribution in [0.5, 0.6) is 5.88 Å². The summed E-state index contributed by atoms with van der Waals surface area (Å²) in [6, 6.07) is 22.5. The zero-order valence-electron chi connectivity index (χ0n) is 22.2. The number of nitriles is 1. The minimum atomic E-state index is -0.119. The lowest BCUT2D eigenvalue weighted by molar-refractivity contribution is 0.150. The SMILES string of the molecule is Cc1nc(C(C)C)sc1-c1cnc2c(c1)NC[C@@H]([C@H](NCCc1ccc(C#N)cc1)c1ccccc1)O2.Cl.Cl. The number of nitrogens with zero attached hydrogens (tertiary/aromatic N) is 3. The Balaban J connectivity index is 0.00000210. The number of nitrogens with one attached hydrogen (secondary N) is 2. The van der Waals surface area contributed by atoms with Gasteiger partial charge in [0.05, 0.1) is 45.5 Å². The van der Waals surface area contributed by atoms with Gasteiger partial charge < -0.3 is 15.4 Å². The summed E-state index contributed by atoms with van der Waals surface area (Å²) in [5.41, 5.74) is 6.07. The van der Waals surface area contributed by atoms with Crippen molar-refractivity contribution in [3.63, 3.8) is 0 Å². The van der Waals surface area contributed by atoms with Gasteiger partial charge in [-0.1, -0.05) is 56.3 Å². The lowest BCUT2D eigenvalue weighted by Crippen LogP contribution is -2.43. The summed E-state index contributed by atoms with van der Waals surface area (Å²) in [5, 5.41) is 17.5. The number of aryl methyl sites for hydroxylation is 1. The normalized spacial score (nSPS) is 14.6. The monoisotopic (exact) mass is 581 g/mol. The standard InChI is InChI=1S/C30H31N5OS.2ClH/c1-19(2)30-35-20(3)28(37-30)24-15-25-29(34-17-24)36-26(18-33-25)27(23-7-5-4-6-8-23)32-14-13-21-9-11-22(16-31)12-10-21;;/h4-12,15,17,19,26-27,32-33H,13-14,18H2,1-3H3;2*1H/t26-,27+;;/m0../s1. The molecule has 6 nitrogen and oxygen atoms in total. The van der Waals surface area contributed by atoms with Crippen molar-refractivity contribution in [1.29, 1.82) is 5.26 Å². The fraction of sp³-hybridized carbons (Fsp3) is 0.300. The minimum Gasteiger partial charge on any atom is -0.469 e. The van der Waals surface area contributed by atoms with E-state index in [-0.39, 0.29) is 37.0 Å². The van der Waals surface area contributed by atoms with Crippen LogP contribution in [0.15, 0.2) is 66.9 Å². The van der Waals surface area contributed by atoms with Crippen molar-refractivity contribution < 1.29 is 4.74 Å². The highest BCUT2D eigenvalue weighted by atomic mass is 35.5. The highest BCUT2D eigenvalue weighted by molar-refractivity contribution is 7.15. The van der Waals surface area contributed by atoms with E-state index in [0.717, 1.165) is 39.8 Å². The third kappa shape index (κ3) is 7.09. The smallest absolute Gasteiger partial charge is 0.237 e. The lowest BCUT2D eigenvalue weighted by Gasteiger charge is -2.33. The molecule has 2 atom stereocenters. The Morgan fingerprint density at radius 1 is 1.13 bits per heavy atom. The summed E-state index contributed by atoms with van der Waals surface area (Å²) >= 11 is 1.74. The molecule has 0 bridgehead atoms. The summed E-state index contributed by atoms with van der Waals surface area (Å²) in [4.78, 5) is 10.6. The Morgan fingerprint density at radius 2 is 1.87 bits per heavy atom.